The molecule has 7 heteroatoms. The molecular weight excluding hydrogens is 354 g/mol. The van der Waals surface area contributed by atoms with Crippen LogP contribution in [0.5, 0.6) is 5.75 Å². The Bertz CT molecular complexity index is 741. The molecule has 128 valence electrons. The van der Waals surface area contributed by atoms with E-state index in [9.17, 15) is 9.18 Å². The highest BCUT2D eigenvalue weighted by atomic mass is 35.5. The molecule has 2 rings (SSSR count). The van der Waals surface area contributed by atoms with E-state index in [1.54, 1.807) is 24.3 Å². The lowest BCUT2D eigenvalue weighted by atomic mass is 10.1. The average Bonchev–Trinajstić information content (AvgIpc) is 2.52. The number of hydrogen-bond donors (Lipinski definition) is 2. The van der Waals surface area contributed by atoms with Gasteiger partial charge in [0, 0.05) is 16.6 Å². The monoisotopic (exact) mass is 370 g/mol. The van der Waals surface area contributed by atoms with Crippen LogP contribution in [0.1, 0.15) is 24.1 Å². The molecule has 0 fully saturated rings. The minimum atomic E-state index is -0.474. The van der Waals surface area contributed by atoms with Crippen LogP contribution in [0.4, 0.5) is 9.18 Å². The first-order chi connectivity index (χ1) is 11.4. The molecule has 0 aliphatic heterocycles. The fraction of sp³-hybridized carbons (Fsp3) is 0.235. The minimum absolute atomic E-state index is 0.161. The van der Waals surface area contributed by atoms with Crippen molar-refractivity contribution in [2.45, 2.75) is 19.5 Å². The Morgan fingerprint density at radius 3 is 2.62 bits per heavy atom. The summed E-state index contributed by atoms with van der Waals surface area (Å²) >= 11 is 12.0. The van der Waals surface area contributed by atoms with Gasteiger partial charge in [0.25, 0.3) is 0 Å². The number of methoxy groups -OCH3 is 1. The predicted molar refractivity (Wildman–Crippen MR) is 93.2 cm³/mol. The Morgan fingerprint density at radius 2 is 2.00 bits per heavy atom. The standard InChI is InChI=1S/C17H17Cl2FN2O2/c1-10(13-5-4-12(18)8-14(13)19)22-17(23)21-9-11-3-6-16(24-2)15(20)7-11/h3-8,10H,9H2,1-2H3,(H2,21,22,23)/t10-/m1/s1. The van der Waals surface area contributed by atoms with Gasteiger partial charge in [-0.15, -0.1) is 0 Å². The van der Waals surface area contributed by atoms with E-state index in [0.717, 1.165) is 5.56 Å². The van der Waals surface area contributed by atoms with Crippen LogP contribution in [0, 0.1) is 5.82 Å². The SMILES string of the molecule is COc1ccc(CNC(=O)N[C@H](C)c2ccc(Cl)cc2Cl)cc1F. The average molecular weight is 371 g/mol. The summed E-state index contributed by atoms with van der Waals surface area (Å²) in [6.07, 6.45) is 0. The van der Waals surface area contributed by atoms with Crippen LogP contribution < -0.4 is 15.4 Å². The quantitative estimate of drug-likeness (QED) is 0.800. The second-order valence-electron chi connectivity index (χ2n) is 5.18. The molecule has 0 aliphatic rings. The van der Waals surface area contributed by atoms with Gasteiger partial charge in [0.1, 0.15) is 0 Å². The fourth-order valence-corrected chi connectivity index (χ4v) is 2.75. The molecule has 2 aromatic rings. The van der Waals surface area contributed by atoms with Crippen molar-refractivity contribution >= 4 is 29.2 Å². The lowest BCUT2D eigenvalue weighted by Gasteiger charge is -2.16. The number of ether oxygens (including phenoxy) is 1. The van der Waals surface area contributed by atoms with Crippen LogP contribution in [0.2, 0.25) is 10.0 Å². The normalized spacial score (nSPS) is 11.7. The van der Waals surface area contributed by atoms with Gasteiger partial charge in [0.05, 0.1) is 13.2 Å². The lowest BCUT2D eigenvalue weighted by molar-refractivity contribution is 0.237. The molecule has 0 heterocycles. The molecule has 1 atom stereocenters. The van der Waals surface area contributed by atoms with Gasteiger partial charge in [-0.2, -0.15) is 0 Å². The molecular formula is C17H17Cl2FN2O2. The highest BCUT2D eigenvalue weighted by molar-refractivity contribution is 6.35. The lowest BCUT2D eigenvalue weighted by Crippen LogP contribution is -2.36. The fourth-order valence-electron chi connectivity index (χ4n) is 2.18. The van der Waals surface area contributed by atoms with E-state index in [0.29, 0.717) is 15.6 Å². The van der Waals surface area contributed by atoms with Crippen molar-refractivity contribution in [2.75, 3.05) is 7.11 Å². The summed E-state index contributed by atoms with van der Waals surface area (Å²) in [6.45, 7) is 2.00. The zero-order valence-electron chi connectivity index (χ0n) is 13.2. The van der Waals surface area contributed by atoms with E-state index in [1.165, 1.54) is 19.2 Å². The Balaban J connectivity index is 1.92. The third-order valence-corrected chi connectivity index (χ3v) is 4.01. The van der Waals surface area contributed by atoms with E-state index in [2.05, 4.69) is 10.6 Å². The summed E-state index contributed by atoms with van der Waals surface area (Å²) in [4.78, 5) is 12.0. The van der Waals surface area contributed by atoms with Crippen molar-refractivity contribution in [3.8, 4) is 5.75 Å². The Kier molecular flexibility index (Phi) is 6.29. The smallest absolute Gasteiger partial charge is 0.315 e. The molecule has 0 spiro atoms. The highest BCUT2D eigenvalue weighted by Crippen LogP contribution is 2.26. The molecule has 0 radical (unpaired) electrons. The molecule has 24 heavy (non-hydrogen) atoms. The first-order valence-electron chi connectivity index (χ1n) is 7.22. The molecule has 2 amide bonds. The van der Waals surface area contributed by atoms with Gasteiger partial charge >= 0.3 is 6.03 Å². The number of amides is 2. The number of carbonyl (C=O) groups is 1. The Labute approximate surface area is 149 Å². The van der Waals surface area contributed by atoms with E-state index >= 15 is 0 Å². The van der Waals surface area contributed by atoms with Crippen LogP contribution in [-0.4, -0.2) is 13.1 Å². The zero-order valence-corrected chi connectivity index (χ0v) is 14.7. The number of hydrogen-bond acceptors (Lipinski definition) is 2. The molecule has 0 aliphatic carbocycles. The van der Waals surface area contributed by atoms with Crippen LogP contribution in [-0.2, 0) is 6.54 Å². The van der Waals surface area contributed by atoms with Crippen molar-refractivity contribution in [1.82, 2.24) is 10.6 Å². The van der Waals surface area contributed by atoms with Gasteiger partial charge in [0.15, 0.2) is 11.6 Å². The highest BCUT2D eigenvalue weighted by Gasteiger charge is 2.13. The van der Waals surface area contributed by atoms with Gasteiger partial charge in [-0.05, 0) is 42.3 Å². The number of benzene rings is 2. The van der Waals surface area contributed by atoms with Gasteiger partial charge in [-0.25, -0.2) is 9.18 Å². The van der Waals surface area contributed by atoms with Gasteiger partial charge in [-0.3, -0.25) is 0 Å². The minimum Gasteiger partial charge on any atom is -0.494 e. The molecule has 0 unspecified atom stereocenters. The summed E-state index contributed by atoms with van der Waals surface area (Å²) in [5.74, 6) is -0.312. The van der Waals surface area contributed by atoms with Crippen molar-refractivity contribution in [2.24, 2.45) is 0 Å². The van der Waals surface area contributed by atoms with E-state index in [-0.39, 0.29) is 24.4 Å². The zero-order chi connectivity index (χ0) is 17.7. The van der Waals surface area contributed by atoms with Crippen LogP contribution in [0.3, 0.4) is 0 Å². The Morgan fingerprint density at radius 1 is 1.25 bits per heavy atom. The van der Waals surface area contributed by atoms with E-state index in [1.807, 2.05) is 6.92 Å². The number of carbonyl (C=O) groups excluding carboxylic acids is 1. The van der Waals surface area contributed by atoms with Gasteiger partial charge in [-0.1, -0.05) is 35.3 Å². The largest absolute Gasteiger partial charge is 0.494 e. The summed E-state index contributed by atoms with van der Waals surface area (Å²) in [5.41, 5.74) is 1.38. The topological polar surface area (TPSA) is 50.4 Å². The van der Waals surface area contributed by atoms with Crippen molar-refractivity contribution in [3.63, 3.8) is 0 Å². The Hall–Kier alpha value is -1.98. The van der Waals surface area contributed by atoms with Gasteiger partial charge in [0.2, 0.25) is 0 Å². The van der Waals surface area contributed by atoms with Crippen LogP contribution in [0.25, 0.3) is 0 Å². The maximum absolute atomic E-state index is 13.6. The van der Waals surface area contributed by atoms with Crippen molar-refractivity contribution in [3.05, 3.63) is 63.4 Å². The maximum atomic E-state index is 13.6. The summed E-state index contributed by atoms with van der Waals surface area (Å²) in [6, 6.07) is 8.91. The van der Waals surface area contributed by atoms with E-state index < -0.39 is 5.82 Å². The summed E-state index contributed by atoms with van der Waals surface area (Å²) in [7, 11) is 1.40. The summed E-state index contributed by atoms with van der Waals surface area (Å²) < 4.78 is 18.5. The summed E-state index contributed by atoms with van der Waals surface area (Å²) in [5, 5.41) is 6.45. The number of nitrogens with one attached hydrogen (secondary N) is 2. The number of rotatable bonds is 5. The second kappa shape index (κ2) is 8.22. The van der Waals surface area contributed by atoms with Crippen molar-refractivity contribution < 1.29 is 13.9 Å². The van der Waals surface area contributed by atoms with Crippen LogP contribution >= 0.6 is 23.2 Å². The molecule has 4 nitrogen and oxygen atoms in total. The molecule has 0 bridgehead atoms. The molecule has 0 saturated carbocycles. The maximum Gasteiger partial charge on any atom is 0.315 e. The molecule has 0 aromatic heterocycles. The first-order valence-corrected chi connectivity index (χ1v) is 7.98. The van der Waals surface area contributed by atoms with Gasteiger partial charge < -0.3 is 15.4 Å². The second-order valence-corrected chi connectivity index (χ2v) is 6.03. The molecule has 0 saturated heterocycles. The number of urea groups is 1. The van der Waals surface area contributed by atoms with Crippen molar-refractivity contribution in [1.29, 1.82) is 0 Å². The predicted octanol–water partition coefficient (Wildman–Crippen LogP) is 4.70. The first kappa shape index (κ1) is 18.4. The third-order valence-electron chi connectivity index (χ3n) is 3.45. The molecule has 2 aromatic carbocycles. The third kappa shape index (κ3) is 4.76. The van der Waals surface area contributed by atoms with Crippen LogP contribution in [0.15, 0.2) is 36.4 Å². The van der Waals surface area contributed by atoms with E-state index in [4.69, 9.17) is 27.9 Å². The molecule has 2 N–H and O–H groups in total. The number of halogens is 3.